The molecule has 2 aliphatic heterocycles. The normalized spacial score (nSPS) is 17.1. The van der Waals surface area contributed by atoms with E-state index in [1.165, 1.54) is 51.9 Å². The van der Waals surface area contributed by atoms with E-state index in [0.717, 1.165) is 50.1 Å². The lowest BCUT2D eigenvalue weighted by atomic mass is 9.79. The van der Waals surface area contributed by atoms with Gasteiger partial charge in [0, 0.05) is 29.9 Å². The zero-order chi connectivity index (χ0) is 24.9. The van der Waals surface area contributed by atoms with Gasteiger partial charge in [-0.2, -0.15) is 0 Å². The van der Waals surface area contributed by atoms with Crippen LogP contribution in [0.2, 0.25) is 0 Å². The van der Waals surface area contributed by atoms with Gasteiger partial charge < -0.3 is 4.90 Å². The zero-order valence-electron chi connectivity index (χ0n) is 22.4. The summed E-state index contributed by atoms with van der Waals surface area (Å²) in [7, 11) is 0. The second-order valence-electron chi connectivity index (χ2n) is 10.8. The van der Waals surface area contributed by atoms with Gasteiger partial charge in [0.15, 0.2) is 0 Å². The summed E-state index contributed by atoms with van der Waals surface area (Å²) in [5.74, 6) is 1.27. The predicted octanol–water partition coefficient (Wildman–Crippen LogP) is 9.02. The van der Waals surface area contributed by atoms with Gasteiger partial charge in [-0.15, -0.1) is 0 Å². The van der Waals surface area contributed by atoms with Crippen LogP contribution < -0.4 is 0 Å². The number of nitrogens with zero attached hydrogens (tertiary/aromatic N) is 1. The summed E-state index contributed by atoms with van der Waals surface area (Å²) in [6.45, 7) is 19.1. The van der Waals surface area contributed by atoms with Crippen molar-refractivity contribution in [3.63, 3.8) is 0 Å². The van der Waals surface area contributed by atoms with Crippen molar-refractivity contribution in [1.82, 2.24) is 4.90 Å². The molecule has 2 heterocycles. The maximum atomic E-state index is 4.43. The fraction of sp³-hybridized carbons (Fsp3) is 0.412. The number of hydrogen-bond donors (Lipinski definition) is 0. The van der Waals surface area contributed by atoms with E-state index >= 15 is 0 Å². The second-order valence-corrected chi connectivity index (χ2v) is 10.8. The van der Waals surface area contributed by atoms with Crippen LogP contribution in [0.1, 0.15) is 87.1 Å². The van der Waals surface area contributed by atoms with Gasteiger partial charge in [-0.25, -0.2) is 0 Å². The van der Waals surface area contributed by atoms with Gasteiger partial charge in [0.25, 0.3) is 0 Å². The topological polar surface area (TPSA) is 3.24 Å². The third-order valence-corrected chi connectivity index (χ3v) is 7.69. The summed E-state index contributed by atoms with van der Waals surface area (Å²) in [6, 6.07) is 16.0. The van der Waals surface area contributed by atoms with Crippen LogP contribution in [0.5, 0.6) is 0 Å². The van der Waals surface area contributed by atoms with Crippen molar-refractivity contribution >= 4 is 5.70 Å². The number of allylic oxidation sites excluding steroid dienone is 4. The molecule has 1 nitrogen and oxygen atoms in total. The Hall–Kier alpha value is -2.80. The first-order chi connectivity index (χ1) is 16.9. The first kappa shape index (κ1) is 25.3. The number of aryl methyl sites for hydroxylation is 3. The fourth-order valence-corrected chi connectivity index (χ4v) is 5.64. The van der Waals surface area contributed by atoms with Crippen LogP contribution in [-0.4, -0.2) is 11.4 Å². The lowest BCUT2D eigenvalue weighted by molar-refractivity contribution is 0.401. The molecule has 0 amide bonds. The Morgan fingerprint density at radius 1 is 1.06 bits per heavy atom. The summed E-state index contributed by atoms with van der Waals surface area (Å²) in [5.41, 5.74) is 12.3. The molecular formula is C34H43N. The first-order valence-electron chi connectivity index (χ1n) is 13.7. The molecule has 0 fully saturated rings. The Bertz CT molecular complexity index is 1130. The average molecular weight is 466 g/mol. The highest BCUT2D eigenvalue weighted by atomic mass is 15.1. The molecule has 0 saturated heterocycles. The minimum absolute atomic E-state index is 0.550. The quantitative estimate of drug-likeness (QED) is 0.338. The van der Waals surface area contributed by atoms with Gasteiger partial charge in [0.05, 0.1) is 0 Å². The Balaban J connectivity index is 1.72. The Labute approximate surface area is 214 Å². The minimum Gasteiger partial charge on any atom is -0.346 e. The molecule has 0 aromatic heterocycles. The van der Waals surface area contributed by atoms with Crippen LogP contribution in [0.4, 0.5) is 0 Å². The lowest BCUT2D eigenvalue weighted by Crippen LogP contribution is -2.31. The van der Waals surface area contributed by atoms with Crippen LogP contribution in [0.3, 0.4) is 0 Å². The van der Waals surface area contributed by atoms with E-state index in [1.54, 1.807) is 5.56 Å². The molecule has 1 heteroatoms. The van der Waals surface area contributed by atoms with Gasteiger partial charge in [-0.3, -0.25) is 0 Å². The summed E-state index contributed by atoms with van der Waals surface area (Å²) >= 11 is 0. The van der Waals surface area contributed by atoms with Crippen LogP contribution in [-0.2, 0) is 19.3 Å². The molecular weight excluding hydrogens is 422 g/mol. The molecule has 4 rings (SSSR count). The van der Waals surface area contributed by atoms with Crippen molar-refractivity contribution in [1.29, 1.82) is 0 Å². The molecule has 0 radical (unpaired) electrons. The summed E-state index contributed by atoms with van der Waals surface area (Å²) in [6.07, 6.45) is 12.6. The van der Waals surface area contributed by atoms with Crippen molar-refractivity contribution < 1.29 is 0 Å². The largest absolute Gasteiger partial charge is 0.346 e. The standard InChI is InChI=1S/C34H43N/c1-7-12-25(5)33-23-35-22-30(17-15-24(3)4)31-21-29(18-16-27-13-10-9-11-14-27)28(8-2)20-32(31)34(35)19-26(33)6/h9-11,13-14,19-21,23-24,30H,5-8,12,15-18,22H2,1-4H3/t30-/m0/s1. The van der Waals surface area contributed by atoms with Gasteiger partial charge in [-0.1, -0.05) is 90.1 Å². The summed E-state index contributed by atoms with van der Waals surface area (Å²) in [4.78, 5) is 2.50. The molecule has 2 aromatic rings. The molecule has 0 bridgehead atoms. The Morgan fingerprint density at radius 3 is 2.51 bits per heavy atom. The highest BCUT2D eigenvalue weighted by molar-refractivity contribution is 5.77. The van der Waals surface area contributed by atoms with Crippen molar-refractivity contribution in [2.45, 2.75) is 78.6 Å². The molecule has 2 aliphatic rings. The summed E-state index contributed by atoms with van der Waals surface area (Å²) < 4.78 is 0. The van der Waals surface area contributed by atoms with E-state index in [2.05, 4.69) is 100 Å². The third-order valence-electron chi connectivity index (χ3n) is 7.69. The summed E-state index contributed by atoms with van der Waals surface area (Å²) in [5, 5.41) is 0. The van der Waals surface area contributed by atoms with Gasteiger partial charge in [0.1, 0.15) is 0 Å². The molecule has 0 unspecified atom stereocenters. The van der Waals surface area contributed by atoms with E-state index in [0.29, 0.717) is 5.92 Å². The molecule has 184 valence electrons. The number of rotatable bonds is 10. The predicted molar refractivity (Wildman–Crippen MR) is 152 cm³/mol. The van der Waals surface area contributed by atoms with Gasteiger partial charge >= 0.3 is 0 Å². The molecule has 35 heavy (non-hydrogen) atoms. The van der Waals surface area contributed by atoms with Crippen LogP contribution in [0.15, 0.2) is 84.6 Å². The second kappa shape index (κ2) is 11.3. The lowest BCUT2D eigenvalue weighted by Gasteiger charge is -2.40. The molecule has 1 atom stereocenters. The van der Waals surface area contributed by atoms with Crippen molar-refractivity contribution in [3.05, 3.63) is 112 Å². The Morgan fingerprint density at radius 2 is 1.83 bits per heavy atom. The molecule has 0 N–H and O–H groups in total. The smallest absolute Gasteiger partial charge is 0.0489 e. The fourth-order valence-electron chi connectivity index (χ4n) is 5.64. The SMILES string of the molecule is C=C1C=C2c3cc(CC)c(CCc4ccccc4)cc3[C@@H](CCC(C)C)CN2C=C1C(=C)CCC. The van der Waals surface area contributed by atoms with Crippen LogP contribution >= 0.6 is 0 Å². The van der Waals surface area contributed by atoms with E-state index in [-0.39, 0.29) is 0 Å². The molecule has 0 aliphatic carbocycles. The third kappa shape index (κ3) is 5.72. The number of fused-ring (bicyclic) bond motifs is 3. The molecule has 0 spiro atoms. The van der Waals surface area contributed by atoms with Crippen LogP contribution in [0, 0.1) is 5.92 Å². The van der Waals surface area contributed by atoms with E-state index in [1.807, 2.05) is 0 Å². The van der Waals surface area contributed by atoms with E-state index in [4.69, 9.17) is 0 Å². The highest BCUT2D eigenvalue weighted by Gasteiger charge is 2.31. The van der Waals surface area contributed by atoms with Gasteiger partial charge in [-0.05, 0) is 89.1 Å². The zero-order valence-corrected chi connectivity index (χ0v) is 22.4. The monoisotopic (exact) mass is 465 g/mol. The number of hydrogen-bond acceptors (Lipinski definition) is 1. The minimum atomic E-state index is 0.550. The highest BCUT2D eigenvalue weighted by Crippen LogP contribution is 2.44. The van der Waals surface area contributed by atoms with Crippen molar-refractivity contribution in [3.8, 4) is 0 Å². The number of benzene rings is 2. The van der Waals surface area contributed by atoms with E-state index < -0.39 is 0 Å². The molecule has 2 aromatic carbocycles. The first-order valence-corrected chi connectivity index (χ1v) is 13.7. The maximum absolute atomic E-state index is 4.43. The average Bonchev–Trinajstić information content (AvgIpc) is 2.86. The van der Waals surface area contributed by atoms with Crippen molar-refractivity contribution in [2.24, 2.45) is 5.92 Å². The Kier molecular flexibility index (Phi) is 8.16. The maximum Gasteiger partial charge on any atom is 0.0489 e. The molecule has 0 saturated carbocycles. The van der Waals surface area contributed by atoms with Crippen molar-refractivity contribution in [2.75, 3.05) is 6.54 Å². The van der Waals surface area contributed by atoms with Gasteiger partial charge in [0.2, 0.25) is 0 Å². The van der Waals surface area contributed by atoms with E-state index in [9.17, 15) is 0 Å². The van der Waals surface area contributed by atoms with Crippen LogP contribution in [0.25, 0.3) is 5.70 Å².